The molecule has 210 valence electrons. The Morgan fingerprint density at radius 1 is 1.02 bits per heavy atom. The molecule has 0 bridgehead atoms. The lowest BCUT2D eigenvalue weighted by Gasteiger charge is -2.26. The van der Waals surface area contributed by atoms with Gasteiger partial charge in [0.15, 0.2) is 16.3 Å². The number of ether oxygens (including phenoxy) is 3. The fourth-order valence-corrected chi connectivity index (χ4v) is 6.15. The number of aromatic nitrogens is 1. The number of carbonyl (C=O) groups excluding carboxylic acids is 1. The first-order valence-corrected chi connectivity index (χ1v) is 15.3. The molecule has 1 atom stereocenters. The van der Waals surface area contributed by atoms with Gasteiger partial charge in [0, 0.05) is 10.5 Å². The van der Waals surface area contributed by atoms with Gasteiger partial charge in [-0.1, -0.05) is 59.9 Å². The SMILES string of the molecule is CCOC(=O)C1=C(c2ccccc2)N=c2s/c(=C\c3ccc(OC)c(OCC)c3)c(=O)n2[C@@H]1c1ccc(SC)cc1. The number of carbonyl (C=O) groups is 1. The fourth-order valence-electron chi connectivity index (χ4n) is 4.74. The Morgan fingerprint density at radius 2 is 1.78 bits per heavy atom. The first-order chi connectivity index (χ1) is 20.0. The molecule has 0 N–H and O–H groups in total. The maximum absolute atomic E-state index is 14.1. The minimum Gasteiger partial charge on any atom is -0.493 e. The van der Waals surface area contributed by atoms with Crippen molar-refractivity contribution >= 4 is 40.8 Å². The highest BCUT2D eigenvalue weighted by Gasteiger charge is 2.35. The maximum atomic E-state index is 14.1. The number of methoxy groups -OCH3 is 1. The van der Waals surface area contributed by atoms with Crippen molar-refractivity contribution in [3.05, 3.63) is 115 Å². The van der Waals surface area contributed by atoms with Crippen molar-refractivity contribution in [2.45, 2.75) is 24.8 Å². The number of thiazole rings is 1. The first kappa shape index (κ1) is 28.4. The van der Waals surface area contributed by atoms with Crippen LogP contribution in [0.4, 0.5) is 0 Å². The van der Waals surface area contributed by atoms with E-state index in [1.165, 1.54) is 11.3 Å². The molecule has 0 unspecified atom stereocenters. The Kier molecular flexibility index (Phi) is 8.75. The molecule has 41 heavy (non-hydrogen) atoms. The van der Waals surface area contributed by atoms with E-state index in [1.54, 1.807) is 30.4 Å². The van der Waals surface area contributed by atoms with E-state index in [1.807, 2.05) is 92.1 Å². The lowest BCUT2D eigenvalue weighted by Crippen LogP contribution is -2.40. The number of benzene rings is 3. The molecule has 4 aromatic rings. The van der Waals surface area contributed by atoms with Crippen LogP contribution in [-0.2, 0) is 9.53 Å². The summed E-state index contributed by atoms with van der Waals surface area (Å²) in [7, 11) is 1.59. The summed E-state index contributed by atoms with van der Waals surface area (Å²) in [6.07, 6.45) is 3.82. The maximum Gasteiger partial charge on any atom is 0.338 e. The number of esters is 1. The summed E-state index contributed by atoms with van der Waals surface area (Å²) in [5.74, 6) is 0.713. The zero-order valence-electron chi connectivity index (χ0n) is 23.2. The summed E-state index contributed by atoms with van der Waals surface area (Å²) in [6.45, 7) is 4.35. The van der Waals surface area contributed by atoms with Gasteiger partial charge in [-0.2, -0.15) is 0 Å². The molecule has 0 aliphatic carbocycles. The third-order valence-corrected chi connectivity index (χ3v) is 8.32. The number of thioether (sulfide) groups is 1. The summed E-state index contributed by atoms with van der Waals surface area (Å²) >= 11 is 2.91. The Morgan fingerprint density at radius 3 is 2.44 bits per heavy atom. The normalized spacial score (nSPS) is 14.8. The van der Waals surface area contributed by atoms with Crippen LogP contribution < -0.4 is 24.4 Å². The highest BCUT2D eigenvalue weighted by atomic mass is 32.2. The van der Waals surface area contributed by atoms with Gasteiger partial charge in [0.1, 0.15) is 0 Å². The summed E-state index contributed by atoms with van der Waals surface area (Å²) in [4.78, 5) is 34.1. The van der Waals surface area contributed by atoms with E-state index < -0.39 is 12.0 Å². The Bertz CT molecular complexity index is 1770. The van der Waals surface area contributed by atoms with Crippen molar-refractivity contribution in [3.63, 3.8) is 0 Å². The molecule has 2 heterocycles. The van der Waals surface area contributed by atoms with Crippen LogP contribution in [0, 0.1) is 0 Å². The molecule has 1 aliphatic rings. The van der Waals surface area contributed by atoms with Gasteiger partial charge in [-0.05, 0) is 61.6 Å². The Hall–Kier alpha value is -4.08. The van der Waals surface area contributed by atoms with Crippen molar-refractivity contribution < 1.29 is 19.0 Å². The molecule has 1 aliphatic heterocycles. The van der Waals surface area contributed by atoms with E-state index in [0.717, 1.165) is 21.6 Å². The quantitative estimate of drug-likeness (QED) is 0.201. The van der Waals surface area contributed by atoms with Crippen molar-refractivity contribution in [2.24, 2.45) is 4.99 Å². The zero-order valence-corrected chi connectivity index (χ0v) is 24.9. The molecule has 0 saturated carbocycles. The zero-order chi connectivity index (χ0) is 28.9. The highest BCUT2D eigenvalue weighted by Crippen LogP contribution is 2.36. The lowest BCUT2D eigenvalue weighted by molar-refractivity contribution is -0.138. The van der Waals surface area contributed by atoms with Crippen molar-refractivity contribution in [3.8, 4) is 11.5 Å². The van der Waals surface area contributed by atoms with Crippen LogP contribution in [-0.4, -0.2) is 37.1 Å². The van der Waals surface area contributed by atoms with E-state index in [0.29, 0.717) is 38.7 Å². The first-order valence-electron chi connectivity index (χ1n) is 13.2. The molecule has 7 nitrogen and oxygen atoms in total. The van der Waals surface area contributed by atoms with Gasteiger partial charge in [0.05, 0.1) is 42.2 Å². The number of rotatable bonds is 9. The molecule has 9 heteroatoms. The standard InChI is InChI=1S/C32H30N2O5S2/c1-5-38-25-18-20(12-17-24(25)37-3)19-26-30(35)34-29(22-13-15-23(40-4)16-14-22)27(31(36)39-6-2)28(33-32(34)41-26)21-10-8-7-9-11-21/h7-19,29H,5-6H2,1-4H3/b26-19-/t29-/m1/s1. The molecular formula is C32H30N2O5S2. The van der Waals surface area contributed by atoms with Crippen molar-refractivity contribution in [2.75, 3.05) is 26.6 Å². The number of fused-ring (bicyclic) bond motifs is 1. The van der Waals surface area contributed by atoms with Crippen LogP contribution in [0.2, 0.25) is 0 Å². The summed E-state index contributed by atoms with van der Waals surface area (Å²) in [5.41, 5.74) is 2.94. The number of hydrogen-bond acceptors (Lipinski definition) is 8. The second-order valence-corrected chi connectivity index (χ2v) is 10.9. The molecule has 5 rings (SSSR count). The average Bonchev–Trinajstić information content (AvgIpc) is 3.31. The largest absolute Gasteiger partial charge is 0.493 e. The predicted octanol–water partition coefficient (Wildman–Crippen LogP) is 5.06. The monoisotopic (exact) mass is 586 g/mol. The Labute approximate surface area is 246 Å². The van der Waals surface area contributed by atoms with Gasteiger partial charge in [-0.3, -0.25) is 9.36 Å². The molecule has 0 saturated heterocycles. The van der Waals surface area contributed by atoms with Crippen LogP contribution in [0.1, 0.15) is 36.6 Å². The molecule has 0 fully saturated rings. The van der Waals surface area contributed by atoms with Crippen LogP contribution in [0.3, 0.4) is 0 Å². The molecule has 0 amide bonds. The van der Waals surface area contributed by atoms with Crippen LogP contribution in [0.15, 0.2) is 93.1 Å². The van der Waals surface area contributed by atoms with E-state index in [9.17, 15) is 9.59 Å². The van der Waals surface area contributed by atoms with Gasteiger partial charge in [-0.15, -0.1) is 11.8 Å². The van der Waals surface area contributed by atoms with Crippen LogP contribution >= 0.6 is 23.1 Å². The van der Waals surface area contributed by atoms with Crippen molar-refractivity contribution in [1.82, 2.24) is 4.57 Å². The summed E-state index contributed by atoms with van der Waals surface area (Å²) < 4.78 is 18.8. The lowest BCUT2D eigenvalue weighted by atomic mass is 9.93. The third-order valence-electron chi connectivity index (χ3n) is 6.59. The molecule has 3 aromatic carbocycles. The molecule has 1 aromatic heterocycles. The molecule has 0 spiro atoms. The van der Waals surface area contributed by atoms with Crippen LogP contribution in [0.25, 0.3) is 11.8 Å². The smallest absolute Gasteiger partial charge is 0.338 e. The average molecular weight is 587 g/mol. The van der Waals surface area contributed by atoms with Gasteiger partial charge >= 0.3 is 5.97 Å². The van der Waals surface area contributed by atoms with Gasteiger partial charge < -0.3 is 14.2 Å². The third kappa shape index (κ3) is 5.73. The predicted molar refractivity (Wildman–Crippen MR) is 163 cm³/mol. The highest BCUT2D eigenvalue weighted by molar-refractivity contribution is 7.98. The van der Waals surface area contributed by atoms with E-state index >= 15 is 0 Å². The minimum atomic E-state index is -0.714. The van der Waals surface area contributed by atoms with E-state index in [4.69, 9.17) is 19.2 Å². The second kappa shape index (κ2) is 12.6. The van der Waals surface area contributed by atoms with Crippen molar-refractivity contribution in [1.29, 1.82) is 0 Å². The Balaban J connectivity index is 1.77. The van der Waals surface area contributed by atoms with Gasteiger partial charge in [0.2, 0.25) is 0 Å². The topological polar surface area (TPSA) is 79.1 Å². The molecular weight excluding hydrogens is 556 g/mol. The summed E-state index contributed by atoms with van der Waals surface area (Å²) in [6, 6.07) is 22.3. The van der Waals surface area contributed by atoms with E-state index in [2.05, 4.69) is 0 Å². The van der Waals surface area contributed by atoms with Gasteiger partial charge in [0.25, 0.3) is 5.56 Å². The number of nitrogens with zero attached hydrogens (tertiary/aromatic N) is 2. The summed E-state index contributed by atoms with van der Waals surface area (Å²) in [5, 5.41) is 0. The van der Waals surface area contributed by atoms with Gasteiger partial charge in [-0.25, -0.2) is 9.79 Å². The molecule has 0 radical (unpaired) electrons. The second-order valence-electron chi connectivity index (χ2n) is 9.05. The number of hydrogen-bond donors (Lipinski definition) is 0. The fraction of sp³-hybridized carbons (Fsp3) is 0.219. The van der Waals surface area contributed by atoms with Crippen LogP contribution in [0.5, 0.6) is 11.5 Å². The van der Waals surface area contributed by atoms with E-state index in [-0.39, 0.29) is 12.2 Å². The minimum absolute atomic E-state index is 0.201.